The maximum absolute atomic E-state index is 12.3. The highest BCUT2D eigenvalue weighted by atomic mass is 79.9. The van der Waals surface area contributed by atoms with Crippen molar-refractivity contribution in [3.8, 4) is 0 Å². The van der Waals surface area contributed by atoms with Crippen LogP contribution in [0.2, 0.25) is 0 Å². The number of hydrogen-bond donors (Lipinski definition) is 2. The molecule has 0 fully saturated rings. The van der Waals surface area contributed by atoms with Gasteiger partial charge in [0.15, 0.2) is 0 Å². The summed E-state index contributed by atoms with van der Waals surface area (Å²) in [7, 11) is 0. The highest BCUT2D eigenvalue weighted by molar-refractivity contribution is 9.10. The first-order valence-electron chi connectivity index (χ1n) is 9.77. The van der Waals surface area contributed by atoms with Gasteiger partial charge in [0, 0.05) is 16.3 Å². The van der Waals surface area contributed by atoms with Gasteiger partial charge in [-0.15, -0.1) is 0 Å². The van der Waals surface area contributed by atoms with Gasteiger partial charge < -0.3 is 10.2 Å². The van der Waals surface area contributed by atoms with E-state index in [1.807, 2.05) is 103 Å². The zero-order valence-electron chi connectivity index (χ0n) is 15.7. The molecule has 0 saturated carbocycles. The van der Waals surface area contributed by atoms with Crippen LogP contribution in [0.3, 0.4) is 0 Å². The Morgan fingerprint density at radius 3 is 1.62 bits per heavy atom. The molecule has 2 aliphatic rings. The molecule has 3 heteroatoms. The standard InChI is InChI=1S/C26H21BrO2/c27-20-15-16-23-24(17-20)26(29,19-11-5-2-6-12-19)22-14-8-7-13-21(22)25(23,28)18-9-3-1-4-10-18/h1-17,21-22,28-29H. The van der Waals surface area contributed by atoms with Crippen LogP contribution < -0.4 is 0 Å². The summed E-state index contributed by atoms with van der Waals surface area (Å²) in [5.41, 5.74) is 0.612. The lowest BCUT2D eigenvalue weighted by Crippen LogP contribution is -2.54. The van der Waals surface area contributed by atoms with Crippen LogP contribution in [0.1, 0.15) is 22.3 Å². The van der Waals surface area contributed by atoms with E-state index < -0.39 is 11.2 Å². The molecule has 0 bridgehead atoms. The van der Waals surface area contributed by atoms with E-state index in [1.165, 1.54) is 0 Å². The fraction of sp³-hybridized carbons (Fsp3) is 0.154. The van der Waals surface area contributed by atoms with E-state index in [0.29, 0.717) is 0 Å². The highest BCUT2D eigenvalue weighted by Gasteiger charge is 2.57. The number of rotatable bonds is 2. The number of aliphatic hydroxyl groups is 2. The van der Waals surface area contributed by atoms with E-state index in [1.54, 1.807) is 0 Å². The minimum Gasteiger partial charge on any atom is -0.380 e. The lowest BCUT2D eigenvalue weighted by molar-refractivity contribution is -0.0717. The zero-order chi connectivity index (χ0) is 20.1. The Balaban J connectivity index is 1.87. The second kappa shape index (κ2) is 6.81. The fourth-order valence-corrected chi connectivity index (χ4v) is 5.37. The van der Waals surface area contributed by atoms with Crippen LogP contribution in [-0.2, 0) is 11.2 Å². The van der Waals surface area contributed by atoms with Crippen LogP contribution in [0, 0.1) is 11.8 Å². The van der Waals surface area contributed by atoms with Crippen LogP contribution in [0.25, 0.3) is 0 Å². The highest BCUT2D eigenvalue weighted by Crippen LogP contribution is 2.57. The minimum absolute atomic E-state index is 0.311. The first-order chi connectivity index (χ1) is 14.1. The maximum atomic E-state index is 12.3. The molecule has 3 aromatic rings. The number of halogens is 1. The van der Waals surface area contributed by atoms with Crippen molar-refractivity contribution in [2.75, 3.05) is 0 Å². The largest absolute Gasteiger partial charge is 0.380 e. The van der Waals surface area contributed by atoms with Gasteiger partial charge >= 0.3 is 0 Å². The SMILES string of the molecule is OC1(c2ccccc2)c2ccc(Br)cc2C(O)(c2ccccc2)C2C=CC=CC21. The summed E-state index contributed by atoms with van der Waals surface area (Å²) in [6.07, 6.45) is 7.97. The third-order valence-corrected chi connectivity index (χ3v) is 6.82. The lowest BCUT2D eigenvalue weighted by atomic mass is 9.55. The minimum atomic E-state index is -1.26. The average molecular weight is 445 g/mol. The molecule has 144 valence electrons. The monoisotopic (exact) mass is 444 g/mol. The predicted molar refractivity (Wildman–Crippen MR) is 118 cm³/mol. The molecule has 0 saturated heterocycles. The maximum Gasteiger partial charge on any atom is 0.122 e. The van der Waals surface area contributed by atoms with Crippen LogP contribution in [0.5, 0.6) is 0 Å². The van der Waals surface area contributed by atoms with Gasteiger partial charge in [-0.3, -0.25) is 0 Å². The topological polar surface area (TPSA) is 40.5 Å². The van der Waals surface area contributed by atoms with Crippen LogP contribution in [-0.4, -0.2) is 10.2 Å². The Morgan fingerprint density at radius 2 is 1.10 bits per heavy atom. The summed E-state index contributed by atoms with van der Waals surface area (Å²) in [5.74, 6) is -0.629. The molecule has 0 radical (unpaired) electrons. The van der Waals surface area contributed by atoms with Gasteiger partial charge in [-0.1, -0.05) is 107 Å². The molecular weight excluding hydrogens is 424 g/mol. The van der Waals surface area contributed by atoms with Crippen LogP contribution in [0.15, 0.2) is 108 Å². The average Bonchev–Trinajstić information content (AvgIpc) is 2.78. The summed E-state index contributed by atoms with van der Waals surface area (Å²) >= 11 is 3.57. The molecule has 4 atom stereocenters. The van der Waals surface area contributed by atoms with Crippen molar-refractivity contribution in [2.45, 2.75) is 11.2 Å². The van der Waals surface area contributed by atoms with Gasteiger partial charge in [-0.25, -0.2) is 0 Å². The first-order valence-corrected chi connectivity index (χ1v) is 10.6. The molecule has 2 aliphatic carbocycles. The molecule has 3 aromatic carbocycles. The Morgan fingerprint density at radius 1 is 0.621 bits per heavy atom. The summed E-state index contributed by atoms with van der Waals surface area (Å²) in [6.45, 7) is 0. The van der Waals surface area contributed by atoms with E-state index >= 15 is 0 Å². The number of allylic oxidation sites excluding steroid dienone is 2. The summed E-state index contributed by atoms with van der Waals surface area (Å²) < 4.78 is 0.870. The van der Waals surface area contributed by atoms with Gasteiger partial charge in [0.05, 0.1) is 0 Å². The fourth-order valence-electron chi connectivity index (χ4n) is 5.01. The third kappa shape index (κ3) is 2.62. The van der Waals surface area contributed by atoms with E-state index in [2.05, 4.69) is 15.9 Å². The van der Waals surface area contributed by atoms with Crippen LogP contribution >= 0.6 is 15.9 Å². The quantitative estimate of drug-likeness (QED) is 0.563. The van der Waals surface area contributed by atoms with Crippen molar-refractivity contribution in [1.82, 2.24) is 0 Å². The normalized spacial score (nSPS) is 29.9. The van der Waals surface area contributed by atoms with Gasteiger partial charge in [0.2, 0.25) is 0 Å². The Labute approximate surface area is 179 Å². The van der Waals surface area contributed by atoms with Crippen molar-refractivity contribution in [3.05, 3.63) is 130 Å². The smallest absolute Gasteiger partial charge is 0.122 e. The van der Waals surface area contributed by atoms with Crippen molar-refractivity contribution >= 4 is 15.9 Å². The molecule has 4 unspecified atom stereocenters. The predicted octanol–water partition coefficient (Wildman–Crippen LogP) is 5.29. The summed E-state index contributed by atoms with van der Waals surface area (Å²) in [5, 5.41) is 24.5. The van der Waals surface area contributed by atoms with Crippen molar-refractivity contribution < 1.29 is 10.2 Å². The van der Waals surface area contributed by atoms with Crippen LogP contribution in [0.4, 0.5) is 0 Å². The second-order valence-corrected chi connectivity index (χ2v) is 8.69. The van der Waals surface area contributed by atoms with Crippen molar-refractivity contribution in [2.24, 2.45) is 11.8 Å². The molecule has 0 heterocycles. The summed E-state index contributed by atoms with van der Waals surface area (Å²) in [6, 6.07) is 25.3. The van der Waals surface area contributed by atoms with Crippen molar-refractivity contribution in [1.29, 1.82) is 0 Å². The molecule has 0 spiro atoms. The Hall–Kier alpha value is -2.46. The lowest BCUT2D eigenvalue weighted by Gasteiger charge is -2.53. The third-order valence-electron chi connectivity index (χ3n) is 6.33. The van der Waals surface area contributed by atoms with E-state index in [4.69, 9.17) is 0 Å². The molecule has 29 heavy (non-hydrogen) atoms. The Bertz CT molecular complexity index is 1110. The van der Waals surface area contributed by atoms with Gasteiger partial charge in [0.25, 0.3) is 0 Å². The Kier molecular flexibility index (Phi) is 4.36. The molecular formula is C26H21BrO2. The van der Waals surface area contributed by atoms with E-state index in [0.717, 1.165) is 26.7 Å². The van der Waals surface area contributed by atoms with Crippen molar-refractivity contribution in [3.63, 3.8) is 0 Å². The second-order valence-electron chi connectivity index (χ2n) is 7.78. The number of hydrogen-bond acceptors (Lipinski definition) is 2. The molecule has 2 nitrogen and oxygen atoms in total. The first kappa shape index (κ1) is 18.6. The number of fused-ring (bicyclic) bond motifs is 2. The molecule has 2 N–H and O–H groups in total. The van der Waals surface area contributed by atoms with Gasteiger partial charge in [-0.05, 0) is 34.4 Å². The van der Waals surface area contributed by atoms with E-state index in [-0.39, 0.29) is 11.8 Å². The van der Waals surface area contributed by atoms with Gasteiger partial charge in [-0.2, -0.15) is 0 Å². The van der Waals surface area contributed by atoms with E-state index in [9.17, 15) is 10.2 Å². The zero-order valence-corrected chi connectivity index (χ0v) is 17.3. The van der Waals surface area contributed by atoms with Gasteiger partial charge in [0.1, 0.15) is 11.2 Å². The molecule has 0 aliphatic heterocycles. The summed E-state index contributed by atoms with van der Waals surface area (Å²) in [4.78, 5) is 0. The number of benzene rings is 3. The molecule has 0 aromatic heterocycles. The molecule has 0 amide bonds. The molecule has 5 rings (SSSR count).